The molecule has 0 radical (unpaired) electrons. The number of hydrogen-bond acceptors (Lipinski definition) is 3. The molecule has 0 aromatic heterocycles. The quantitative estimate of drug-likeness (QED) is 0.601. The summed E-state index contributed by atoms with van der Waals surface area (Å²) in [5.41, 5.74) is 1.85. The van der Waals surface area contributed by atoms with Crippen LogP contribution >= 0.6 is 46.6 Å². The van der Waals surface area contributed by atoms with Gasteiger partial charge >= 0.3 is 0 Å². The number of carbonyl (C=O) groups is 2. The van der Waals surface area contributed by atoms with E-state index in [0.29, 0.717) is 27.4 Å². The van der Waals surface area contributed by atoms with Gasteiger partial charge in [-0.25, -0.2) is 0 Å². The fourth-order valence-electron chi connectivity index (χ4n) is 2.59. The van der Waals surface area contributed by atoms with Gasteiger partial charge < -0.3 is 10.2 Å². The number of carbonyl (C=O) groups excluding carboxylic acids is 2. The van der Waals surface area contributed by atoms with Crippen molar-refractivity contribution in [2.24, 2.45) is 0 Å². The van der Waals surface area contributed by atoms with Gasteiger partial charge in [-0.1, -0.05) is 53.0 Å². The van der Waals surface area contributed by atoms with E-state index in [4.69, 9.17) is 34.8 Å². The van der Waals surface area contributed by atoms with E-state index in [-0.39, 0.29) is 17.6 Å². The smallest absolute Gasteiger partial charge is 0.242 e. The summed E-state index contributed by atoms with van der Waals surface area (Å²) in [4.78, 5) is 26.5. The molecule has 2 aromatic carbocycles. The molecule has 2 amide bonds. The van der Waals surface area contributed by atoms with Gasteiger partial charge in [-0.2, -0.15) is 0 Å². The number of amides is 2. The number of thioether (sulfide) groups is 1. The topological polar surface area (TPSA) is 49.4 Å². The Morgan fingerprint density at radius 3 is 2.46 bits per heavy atom. The molecule has 28 heavy (non-hydrogen) atoms. The van der Waals surface area contributed by atoms with Crippen molar-refractivity contribution in [3.05, 3.63) is 68.7 Å². The number of nitrogens with one attached hydrogen (secondary N) is 1. The first-order chi connectivity index (χ1) is 13.3. The van der Waals surface area contributed by atoms with Gasteiger partial charge in [0.15, 0.2) is 0 Å². The van der Waals surface area contributed by atoms with Crippen LogP contribution in [0.5, 0.6) is 0 Å². The minimum absolute atomic E-state index is 0.124. The molecule has 0 heterocycles. The molecule has 8 heteroatoms. The second-order valence-corrected chi connectivity index (χ2v) is 8.42. The second-order valence-electron chi connectivity index (χ2n) is 6.18. The monoisotopic (exact) mass is 458 g/mol. The number of rotatable bonds is 8. The zero-order valence-corrected chi connectivity index (χ0v) is 18.6. The summed E-state index contributed by atoms with van der Waals surface area (Å²) in [7, 11) is 1.56. The summed E-state index contributed by atoms with van der Waals surface area (Å²) < 4.78 is 0. The molecule has 4 nitrogen and oxygen atoms in total. The van der Waals surface area contributed by atoms with E-state index in [9.17, 15) is 9.59 Å². The minimum Gasteiger partial charge on any atom is -0.357 e. The molecule has 1 unspecified atom stereocenters. The summed E-state index contributed by atoms with van der Waals surface area (Å²) in [6.45, 7) is 2.02. The predicted octanol–water partition coefficient (Wildman–Crippen LogP) is 5.04. The highest BCUT2D eigenvalue weighted by Gasteiger charge is 2.25. The highest BCUT2D eigenvalue weighted by Crippen LogP contribution is 2.25. The van der Waals surface area contributed by atoms with Crippen LogP contribution in [0.2, 0.25) is 15.1 Å². The van der Waals surface area contributed by atoms with Crippen LogP contribution in [0.15, 0.2) is 42.5 Å². The van der Waals surface area contributed by atoms with Crippen LogP contribution in [0.25, 0.3) is 0 Å². The molecular formula is C20H21Cl3N2O2S. The average molecular weight is 460 g/mol. The van der Waals surface area contributed by atoms with Crippen molar-refractivity contribution in [3.63, 3.8) is 0 Å². The fourth-order valence-corrected chi connectivity index (χ4v) is 3.98. The molecule has 2 rings (SSSR count). The van der Waals surface area contributed by atoms with Gasteiger partial charge in [0.1, 0.15) is 6.04 Å². The number of hydrogen-bond donors (Lipinski definition) is 1. The van der Waals surface area contributed by atoms with Crippen LogP contribution in [0, 0.1) is 0 Å². The first-order valence-corrected chi connectivity index (χ1v) is 10.9. The number of halogens is 3. The van der Waals surface area contributed by atoms with Crippen molar-refractivity contribution in [1.82, 2.24) is 10.2 Å². The van der Waals surface area contributed by atoms with Gasteiger partial charge in [0, 0.05) is 24.4 Å². The third-order valence-corrected chi connectivity index (χ3v) is 6.10. The van der Waals surface area contributed by atoms with Crippen molar-refractivity contribution in [2.75, 3.05) is 12.8 Å². The van der Waals surface area contributed by atoms with Crippen molar-refractivity contribution < 1.29 is 9.59 Å². The fraction of sp³-hybridized carbons (Fsp3) is 0.300. The van der Waals surface area contributed by atoms with E-state index in [1.807, 2.05) is 18.2 Å². The van der Waals surface area contributed by atoms with Gasteiger partial charge in [0.05, 0.1) is 15.8 Å². The molecule has 0 spiro atoms. The maximum Gasteiger partial charge on any atom is 0.242 e. The molecule has 0 aliphatic heterocycles. The molecule has 2 aromatic rings. The molecule has 1 N–H and O–H groups in total. The zero-order valence-electron chi connectivity index (χ0n) is 15.5. The lowest BCUT2D eigenvalue weighted by Gasteiger charge is -2.28. The van der Waals surface area contributed by atoms with Gasteiger partial charge in [-0.15, -0.1) is 11.8 Å². The Morgan fingerprint density at radius 2 is 1.82 bits per heavy atom. The van der Waals surface area contributed by atoms with Crippen LogP contribution in [0.3, 0.4) is 0 Å². The number of benzene rings is 2. The third-order valence-electron chi connectivity index (χ3n) is 4.13. The molecule has 150 valence electrons. The van der Waals surface area contributed by atoms with Crippen LogP contribution in [-0.2, 0) is 21.9 Å². The molecule has 1 atom stereocenters. The molecule has 0 fully saturated rings. The van der Waals surface area contributed by atoms with Crippen LogP contribution in [-0.4, -0.2) is 35.6 Å². The Hall–Kier alpha value is -1.40. The van der Waals surface area contributed by atoms with E-state index in [2.05, 4.69) is 5.32 Å². The molecule has 0 aliphatic carbocycles. The largest absolute Gasteiger partial charge is 0.357 e. The van der Waals surface area contributed by atoms with Crippen molar-refractivity contribution in [2.45, 2.75) is 25.3 Å². The van der Waals surface area contributed by atoms with E-state index >= 15 is 0 Å². The van der Waals surface area contributed by atoms with E-state index in [1.165, 1.54) is 11.8 Å². The summed E-state index contributed by atoms with van der Waals surface area (Å²) in [6, 6.07) is 12.1. The minimum atomic E-state index is -0.595. The highest BCUT2D eigenvalue weighted by molar-refractivity contribution is 7.99. The summed E-state index contributed by atoms with van der Waals surface area (Å²) in [6.07, 6.45) is 0. The molecular weight excluding hydrogens is 439 g/mol. The third kappa shape index (κ3) is 6.59. The van der Waals surface area contributed by atoms with Crippen molar-refractivity contribution in [1.29, 1.82) is 0 Å². The number of nitrogens with zero attached hydrogens (tertiary/aromatic N) is 1. The lowest BCUT2D eigenvalue weighted by molar-refractivity contribution is -0.138. The summed E-state index contributed by atoms with van der Waals surface area (Å²) in [5, 5.41) is 4.17. The number of likely N-dealkylation sites (N-methyl/N-ethyl adjacent to an activating group) is 1. The summed E-state index contributed by atoms with van der Waals surface area (Å²) in [5.74, 6) is 0.510. The Balaban J connectivity index is 2.05. The molecule has 0 aliphatic rings. The molecule has 0 saturated heterocycles. The maximum absolute atomic E-state index is 12.9. The Morgan fingerprint density at radius 1 is 1.07 bits per heavy atom. The van der Waals surface area contributed by atoms with Gasteiger partial charge in [-0.3, -0.25) is 9.59 Å². The van der Waals surface area contributed by atoms with Crippen LogP contribution in [0.1, 0.15) is 18.1 Å². The Kier molecular flexibility index (Phi) is 8.96. The lowest BCUT2D eigenvalue weighted by Crippen LogP contribution is -2.47. The van der Waals surface area contributed by atoms with Crippen molar-refractivity contribution >= 4 is 58.4 Å². The normalized spacial score (nSPS) is 11.8. The highest BCUT2D eigenvalue weighted by atomic mass is 35.5. The lowest BCUT2D eigenvalue weighted by atomic mass is 10.1. The molecule has 0 saturated carbocycles. The van der Waals surface area contributed by atoms with E-state index < -0.39 is 6.04 Å². The molecule has 0 bridgehead atoms. The Labute approximate surface area is 184 Å². The van der Waals surface area contributed by atoms with Crippen molar-refractivity contribution in [3.8, 4) is 0 Å². The van der Waals surface area contributed by atoms with Gasteiger partial charge in [0.25, 0.3) is 0 Å². The maximum atomic E-state index is 12.9. The predicted molar refractivity (Wildman–Crippen MR) is 118 cm³/mol. The first kappa shape index (κ1) is 22.9. The van der Waals surface area contributed by atoms with Crippen LogP contribution < -0.4 is 5.32 Å². The average Bonchev–Trinajstić information content (AvgIpc) is 2.67. The SMILES string of the molecule is CNC(=O)C(C)N(Cc1cccc(Cl)c1)C(=O)CSCc1ccc(Cl)c(Cl)c1. The second kappa shape index (κ2) is 11.0. The standard InChI is InChI=1S/C20H21Cl3N2O2S/c1-13(20(27)24-2)25(10-14-4-3-5-16(21)8-14)19(26)12-28-11-15-6-7-17(22)18(23)9-15/h3-9,13H,10-12H2,1-2H3,(H,24,27). The zero-order chi connectivity index (χ0) is 20.7. The van der Waals surface area contributed by atoms with E-state index in [0.717, 1.165) is 11.1 Å². The Bertz CT molecular complexity index is 848. The summed E-state index contributed by atoms with van der Waals surface area (Å²) >= 11 is 19.5. The van der Waals surface area contributed by atoms with Gasteiger partial charge in [-0.05, 0) is 42.3 Å². The van der Waals surface area contributed by atoms with E-state index in [1.54, 1.807) is 43.1 Å². The van der Waals surface area contributed by atoms with Gasteiger partial charge in [0.2, 0.25) is 11.8 Å². The van der Waals surface area contributed by atoms with Crippen LogP contribution in [0.4, 0.5) is 0 Å². The first-order valence-electron chi connectivity index (χ1n) is 8.59.